The van der Waals surface area contributed by atoms with Gasteiger partial charge in [-0.2, -0.15) is 4.68 Å². The van der Waals surface area contributed by atoms with E-state index in [0.717, 1.165) is 22.3 Å². The lowest BCUT2D eigenvalue weighted by atomic mass is 10.2. The lowest BCUT2D eigenvalue weighted by Crippen LogP contribution is -2.18. The van der Waals surface area contributed by atoms with E-state index in [1.807, 2.05) is 31.2 Å². The molecule has 5 heteroatoms. The molecule has 96 valence electrons. The highest BCUT2D eigenvalue weighted by Gasteiger charge is 2.13. The molecular formula is C14H14N4O. The van der Waals surface area contributed by atoms with Crippen molar-refractivity contribution >= 4 is 11.0 Å². The number of aryl methyl sites for hydroxylation is 1. The number of benzene rings is 1. The molecule has 0 saturated heterocycles. The molecule has 3 rings (SSSR count). The zero-order valence-corrected chi connectivity index (χ0v) is 10.6. The lowest BCUT2D eigenvalue weighted by Gasteiger charge is -1.93. The van der Waals surface area contributed by atoms with Crippen LogP contribution in [0.3, 0.4) is 0 Å². The Morgan fingerprint density at radius 2 is 2.21 bits per heavy atom. The molecule has 2 N–H and O–H groups in total. The van der Waals surface area contributed by atoms with Crippen molar-refractivity contribution in [1.29, 1.82) is 0 Å². The highest BCUT2D eigenvalue weighted by Crippen LogP contribution is 2.12. The van der Waals surface area contributed by atoms with Crippen molar-refractivity contribution < 1.29 is 0 Å². The van der Waals surface area contributed by atoms with E-state index >= 15 is 0 Å². The topological polar surface area (TPSA) is 66.5 Å². The molecule has 2 aromatic heterocycles. The molecule has 0 saturated carbocycles. The molecular weight excluding hydrogens is 240 g/mol. The summed E-state index contributed by atoms with van der Waals surface area (Å²) in [7, 11) is 0. The lowest BCUT2D eigenvalue weighted by molar-refractivity contribution is 0.790. The first kappa shape index (κ1) is 11.5. The van der Waals surface area contributed by atoms with Gasteiger partial charge in [0.15, 0.2) is 0 Å². The standard InChI is InChI=1S/C14H14N4O/c1-3-6-10-9(2)17-18(13(10)19)14-15-11-7-4-5-8-12(11)16-14/h3-5,7-8,17H,1,6H2,2H3,(H,15,16). The number of aromatic nitrogens is 4. The van der Waals surface area contributed by atoms with E-state index in [1.165, 1.54) is 4.68 Å². The van der Waals surface area contributed by atoms with Crippen molar-refractivity contribution in [1.82, 2.24) is 19.7 Å². The molecule has 0 unspecified atom stereocenters. The smallest absolute Gasteiger partial charge is 0.277 e. The molecule has 0 aliphatic heterocycles. The molecule has 2 heterocycles. The number of para-hydroxylation sites is 2. The Balaban J connectivity index is 2.19. The summed E-state index contributed by atoms with van der Waals surface area (Å²) in [5, 5.41) is 3.04. The number of aromatic amines is 2. The maximum Gasteiger partial charge on any atom is 0.277 e. The van der Waals surface area contributed by atoms with E-state index in [9.17, 15) is 4.79 Å². The molecule has 3 aromatic rings. The molecule has 0 fully saturated rings. The molecule has 0 radical (unpaired) electrons. The van der Waals surface area contributed by atoms with Crippen molar-refractivity contribution in [2.75, 3.05) is 0 Å². The van der Waals surface area contributed by atoms with E-state index < -0.39 is 0 Å². The summed E-state index contributed by atoms with van der Waals surface area (Å²) in [6.07, 6.45) is 2.27. The first-order chi connectivity index (χ1) is 9.20. The van der Waals surface area contributed by atoms with E-state index in [1.54, 1.807) is 6.08 Å². The van der Waals surface area contributed by atoms with Crippen molar-refractivity contribution in [3.05, 3.63) is 58.5 Å². The van der Waals surface area contributed by atoms with Crippen LogP contribution in [0, 0.1) is 6.92 Å². The maximum absolute atomic E-state index is 12.3. The van der Waals surface area contributed by atoms with Gasteiger partial charge in [-0.15, -0.1) is 6.58 Å². The average Bonchev–Trinajstić information content (AvgIpc) is 2.94. The predicted octanol–water partition coefficient (Wildman–Crippen LogP) is 2.08. The first-order valence-corrected chi connectivity index (χ1v) is 6.07. The molecule has 0 spiro atoms. The summed E-state index contributed by atoms with van der Waals surface area (Å²) >= 11 is 0. The number of H-pyrrole nitrogens is 2. The summed E-state index contributed by atoms with van der Waals surface area (Å²) in [5.74, 6) is 0.504. The summed E-state index contributed by atoms with van der Waals surface area (Å²) in [4.78, 5) is 19.8. The fourth-order valence-corrected chi connectivity index (χ4v) is 2.16. The number of nitrogens with one attached hydrogen (secondary N) is 2. The van der Waals surface area contributed by atoms with E-state index in [-0.39, 0.29) is 5.56 Å². The fraction of sp³-hybridized carbons (Fsp3) is 0.143. The summed E-state index contributed by atoms with van der Waals surface area (Å²) < 4.78 is 1.44. The van der Waals surface area contributed by atoms with E-state index in [0.29, 0.717) is 12.4 Å². The van der Waals surface area contributed by atoms with Gasteiger partial charge in [0.1, 0.15) is 0 Å². The largest absolute Gasteiger partial charge is 0.322 e. The van der Waals surface area contributed by atoms with Gasteiger partial charge in [0.25, 0.3) is 5.56 Å². The van der Waals surface area contributed by atoms with Gasteiger partial charge in [-0.25, -0.2) is 4.98 Å². The van der Waals surface area contributed by atoms with Crippen LogP contribution in [0.4, 0.5) is 0 Å². The zero-order chi connectivity index (χ0) is 13.4. The highest BCUT2D eigenvalue weighted by molar-refractivity contribution is 5.75. The number of imidazole rings is 1. The number of hydrogen-bond acceptors (Lipinski definition) is 2. The predicted molar refractivity (Wildman–Crippen MR) is 74.7 cm³/mol. The van der Waals surface area contributed by atoms with Crippen LogP contribution in [0.2, 0.25) is 0 Å². The summed E-state index contributed by atoms with van der Waals surface area (Å²) in [6.45, 7) is 5.54. The molecule has 0 aliphatic carbocycles. The normalized spacial score (nSPS) is 11.0. The third-order valence-electron chi connectivity index (χ3n) is 3.13. The average molecular weight is 254 g/mol. The number of fused-ring (bicyclic) bond motifs is 1. The number of nitrogens with zero attached hydrogens (tertiary/aromatic N) is 2. The number of allylic oxidation sites excluding steroid dienone is 1. The van der Waals surface area contributed by atoms with Gasteiger partial charge in [0.05, 0.1) is 11.0 Å². The highest BCUT2D eigenvalue weighted by atomic mass is 16.1. The van der Waals surface area contributed by atoms with Crippen LogP contribution in [0.5, 0.6) is 0 Å². The number of rotatable bonds is 3. The third-order valence-corrected chi connectivity index (χ3v) is 3.13. The SMILES string of the molecule is C=CCc1c(C)[nH]n(-c2nc3ccccc3[nH]2)c1=O. The van der Waals surface area contributed by atoms with E-state index in [2.05, 4.69) is 21.6 Å². The molecule has 5 nitrogen and oxygen atoms in total. The van der Waals surface area contributed by atoms with Crippen LogP contribution >= 0.6 is 0 Å². The molecule has 19 heavy (non-hydrogen) atoms. The number of hydrogen-bond donors (Lipinski definition) is 2. The minimum Gasteiger partial charge on any atom is -0.322 e. The van der Waals surface area contributed by atoms with Crippen molar-refractivity contribution in [2.45, 2.75) is 13.3 Å². The van der Waals surface area contributed by atoms with E-state index in [4.69, 9.17) is 0 Å². The van der Waals surface area contributed by atoms with Gasteiger partial charge in [0.2, 0.25) is 5.95 Å². The second-order valence-electron chi connectivity index (χ2n) is 4.43. The fourth-order valence-electron chi connectivity index (χ4n) is 2.16. The van der Waals surface area contributed by atoms with Crippen LogP contribution in [-0.2, 0) is 6.42 Å². The summed E-state index contributed by atoms with van der Waals surface area (Å²) in [5.41, 5.74) is 3.21. The van der Waals surface area contributed by atoms with Gasteiger partial charge in [-0.05, 0) is 25.5 Å². The Labute approximate surface area is 109 Å². The van der Waals surface area contributed by atoms with Crippen molar-refractivity contribution in [2.24, 2.45) is 0 Å². The van der Waals surface area contributed by atoms with Gasteiger partial charge in [-0.1, -0.05) is 18.2 Å². The van der Waals surface area contributed by atoms with Gasteiger partial charge < -0.3 is 4.98 Å². The molecule has 0 bridgehead atoms. The Bertz CT molecular complexity index is 773. The minimum atomic E-state index is -0.0866. The molecule has 0 atom stereocenters. The van der Waals surface area contributed by atoms with Crippen LogP contribution in [-0.4, -0.2) is 19.7 Å². The van der Waals surface area contributed by atoms with Gasteiger partial charge in [-0.3, -0.25) is 9.89 Å². The van der Waals surface area contributed by atoms with Crippen LogP contribution in [0.1, 0.15) is 11.3 Å². The Morgan fingerprint density at radius 3 is 2.95 bits per heavy atom. The second-order valence-corrected chi connectivity index (χ2v) is 4.43. The van der Waals surface area contributed by atoms with Crippen LogP contribution < -0.4 is 5.56 Å². The van der Waals surface area contributed by atoms with Gasteiger partial charge >= 0.3 is 0 Å². The molecule has 1 aromatic carbocycles. The van der Waals surface area contributed by atoms with Gasteiger partial charge in [0, 0.05) is 11.3 Å². The Kier molecular flexibility index (Phi) is 2.59. The first-order valence-electron chi connectivity index (χ1n) is 6.07. The van der Waals surface area contributed by atoms with Crippen LogP contribution in [0.15, 0.2) is 41.7 Å². The van der Waals surface area contributed by atoms with Crippen molar-refractivity contribution in [3.8, 4) is 5.95 Å². The Morgan fingerprint density at radius 1 is 1.42 bits per heavy atom. The monoisotopic (exact) mass is 254 g/mol. The maximum atomic E-state index is 12.3. The molecule has 0 amide bonds. The second kappa shape index (κ2) is 4.28. The van der Waals surface area contributed by atoms with Crippen LogP contribution in [0.25, 0.3) is 17.0 Å². The third kappa shape index (κ3) is 1.79. The Hall–Kier alpha value is -2.56. The quantitative estimate of drug-likeness (QED) is 0.703. The minimum absolute atomic E-state index is 0.0866. The summed E-state index contributed by atoms with van der Waals surface area (Å²) in [6, 6.07) is 7.67. The van der Waals surface area contributed by atoms with Crippen molar-refractivity contribution in [3.63, 3.8) is 0 Å². The zero-order valence-electron chi connectivity index (χ0n) is 10.6. The molecule has 0 aliphatic rings.